The van der Waals surface area contributed by atoms with E-state index in [2.05, 4.69) is 5.92 Å². The highest BCUT2D eigenvalue weighted by Gasteiger charge is 2.16. The Morgan fingerprint density at radius 1 is 1.19 bits per heavy atom. The van der Waals surface area contributed by atoms with Gasteiger partial charge in [0, 0.05) is 24.0 Å². The van der Waals surface area contributed by atoms with Crippen LogP contribution in [0, 0.1) is 12.3 Å². The highest BCUT2D eigenvalue weighted by Crippen LogP contribution is 2.27. The van der Waals surface area contributed by atoms with E-state index in [1.165, 1.54) is 0 Å². The van der Waals surface area contributed by atoms with Crippen molar-refractivity contribution >= 4 is 21.8 Å². The maximum Gasteiger partial charge on any atom is 0.262 e. The minimum Gasteiger partial charge on any atom is -0.497 e. The quantitative estimate of drug-likeness (QED) is 0.537. The van der Waals surface area contributed by atoms with Crippen LogP contribution in [0.3, 0.4) is 0 Å². The molecule has 26 heavy (non-hydrogen) atoms. The molecule has 2 aromatic heterocycles. The predicted octanol–water partition coefficient (Wildman–Crippen LogP) is 3.20. The van der Waals surface area contributed by atoms with Gasteiger partial charge in [0.15, 0.2) is 5.82 Å². The third kappa shape index (κ3) is 2.35. The zero-order chi connectivity index (χ0) is 18.3. The lowest BCUT2D eigenvalue weighted by Gasteiger charge is -2.13. The third-order valence-electron chi connectivity index (χ3n) is 4.59. The Hall–Kier alpha value is -3.52. The van der Waals surface area contributed by atoms with Gasteiger partial charge in [-0.3, -0.25) is 9.36 Å². The molecule has 0 saturated heterocycles. The van der Waals surface area contributed by atoms with Gasteiger partial charge in [0.2, 0.25) is 0 Å². The van der Waals surface area contributed by atoms with Gasteiger partial charge in [0.25, 0.3) is 5.56 Å². The molecule has 128 valence electrons. The Kier molecular flexibility index (Phi) is 3.74. The molecule has 0 saturated carbocycles. The number of rotatable bonds is 3. The maximum absolute atomic E-state index is 13.0. The molecule has 0 unspecified atom stereocenters. The molecule has 0 bridgehead atoms. The van der Waals surface area contributed by atoms with E-state index in [0.29, 0.717) is 22.5 Å². The van der Waals surface area contributed by atoms with Crippen molar-refractivity contribution in [2.24, 2.45) is 7.05 Å². The van der Waals surface area contributed by atoms with Crippen LogP contribution >= 0.6 is 0 Å². The van der Waals surface area contributed by atoms with E-state index in [1.807, 2.05) is 41.9 Å². The van der Waals surface area contributed by atoms with Gasteiger partial charge in [-0.05, 0) is 24.3 Å². The zero-order valence-corrected chi connectivity index (χ0v) is 14.6. The van der Waals surface area contributed by atoms with Gasteiger partial charge in [-0.2, -0.15) is 0 Å². The van der Waals surface area contributed by atoms with Gasteiger partial charge in [-0.15, -0.1) is 6.42 Å². The van der Waals surface area contributed by atoms with Crippen LogP contribution in [0.2, 0.25) is 0 Å². The molecular formula is C21H17N3O2. The van der Waals surface area contributed by atoms with Crippen molar-refractivity contribution in [3.8, 4) is 29.6 Å². The Balaban J connectivity index is 2.09. The minimum atomic E-state index is -0.157. The largest absolute Gasteiger partial charge is 0.497 e. The second-order valence-corrected chi connectivity index (χ2v) is 6.06. The van der Waals surface area contributed by atoms with Crippen molar-refractivity contribution in [2.45, 2.75) is 6.54 Å². The van der Waals surface area contributed by atoms with Crippen LogP contribution in [-0.4, -0.2) is 21.2 Å². The molecule has 0 radical (unpaired) electrons. The van der Waals surface area contributed by atoms with Crippen molar-refractivity contribution in [1.29, 1.82) is 0 Å². The van der Waals surface area contributed by atoms with E-state index in [0.717, 1.165) is 16.6 Å². The second kappa shape index (κ2) is 6.08. The fourth-order valence-electron chi connectivity index (χ4n) is 3.26. The van der Waals surface area contributed by atoms with Crippen molar-refractivity contribution in [3.05, 3.63) is 58.9 Å². The molecule has 0 aliphatic heterocycles. The van der Waals surface area contributed by atoms with Gasteiger partial charge in [-0.1, -0.05) is 24.1 Å². The number of aryl methyl sites for hydroxylation is 1. The zero-order valence-electron chi connectivity index (χ0n) is 14.6. The summed E-state index contributed by atoms with van der Waals surface area (Å²) in [6.45, 7) is 0.157. The topological polar surface area (TPSA) is 49.0 Å². The molecule has 0 aliphatic rings. The van der Waals surface area contributed by atoms with Crippen LogP contribution in [0.5, 0.6) is 5.75 Å². The number of terminal acetylenes is 1. The molecule has 2 heterocycles. The summed E-state index contributed by atoms with van der Waals surface area (Å²) >= 11 is 0. The number of fused-ring (bicyclic) bond motifs is 2. The first-order valence-electron chi connectivity index (χ1n) is 8.21. The Morgan fingerprint density at radius 3 is 2.73 bits per heavy atom. The van der Waals surface area contributed by atoms with E-state index in [9.17, 15) is 4.79 Å². The number of hydrogen-bond donors (Lipinski definition) is 0. The molecule has 5 heteroatoms. The average molecular weight is 343 g/mol. The number of aromatic nitrogens is 3. The highest BCUT2D eigenvalue weighted by atomic mass is 16.5. The molecule has 4 aromatic rings. The summed E-state index contributed by atoms with van der Waals surface area (Å²) in [6.07, 6.45) is 5.51. The predicted molar refractivity (Wildman–Crippen MR) is 103 cm³/mol. The first kappa shape index (κ1) is 16.0. The van der Waals surface area contributed by atoms with Crippen LogP contribution in [-0.2, 0) is 13.6 Å². The van der Waals surface area contributed by atoms with Crippen molar-refractivity contribution in [1.82, 2.24) is 14.1 Å². The van der Waals surface area contributed by atoms with Gasteiger partial charge < -0.3 is 9.30 Å². The lowest BCUT2D eigenvalue weighted by molar-refractivity contribution is 0.415. The van der Waals surface area contributed by atoms with Gasteiger partial charge in [0.1, 0.15) is 5.75 Å². The summed E-state index contributed by atoms with van der Waals surface area (Å²) in [6, 6.07) is 15.3. The van der Waals surface area contributed by atoms with Crippen LogP contribution in [0.15, 0.2) is 53.3 Å². The standard InChI is InChI=1S/C21H17N3O2/c1-4-11-24-20(19-12-14-7-5-6-8-18(14)23(19)2)22-17-13-15(26-3)9-10-16(17)21(24)25/h1,5-10,12-13H,11H2,2-3H3. The molecule has 0 aliphatic carbocycles. The summed E-state index contributed by atoms with van der Waals surface area (Å²) < 4.78 is 8.84. The van der Waals surface area contributed by atoms with Gasteiger partial charge in [0.05, 0.1) is 30.3 Å². The molecule has 2 aromatic carbocycles. The number of methoxy groups -OCH3 is 1. The Bertz CT molecular complexity index is 1240. The fourth-order valence-corrected chi connectivity index (χ4v) is 3.26. The summed E-state index contributed by atoms with van der Waals surface area (Å²) in [5, 5.41) is 1.60. The molecule has 0 spiro atoms. The first-order chi connectivity index (χ1) is 12.6. The fraction of sp³-hybridized carbons (Fsp3) is 0.143. The average Bonchev–Trinajstić information content (AvgIpc) is 3.00. The molecular weight excluding hydrogens is 326 g/mol. The third-order valence-corrected chi connectivity index (χ3v) is 4.59. The smallest absolute Gasteiger partial charge is 0.262 e. The highest BCUT2D eigenvalue weighted by molar-refractivity contribution is 5.87. The molecule has 0 atom stereocenters. The Labute approximate surface area is 150 Å². The van der Waals surface area contributed by atoms with E-state index in [4.69, 9.17) is 16.1 Å². The number of benzene rings is 2. The maximum atomic E-state index is 13.0. The number of hydrogen-bond acceptors (Lipinski definition) is 3. The van der Waals surface area contributed by atoms with Crippen LogP contribution < -0.4 is 10.3 Å². The summed E-state index contributed by atoms with van der Waals surface area (Å²) in [4.78, 5) is 17.8. The number of para-hydroxylation sites is 1. The van der Waals surface area contributed by atoms with Crippen LogP contribution in [0.4, 0.5) is 0 Å². The second-order valence-electron chi connectivity index (χ2n) is 6.06. The minimum absolute atomic E-state index is 0.157. The monoisotopic (exact) mass is 343 g/mol. The van der Waals surface area contributed by atoms with E-state index in [1.54, 1.807) is 29.9 Å². The van der Waals surface area contributed by atoms with E-state index < -0.39 is 0 Å². The molecule has 0 N–H and O–H groups in total. The lowest BCUT2D eigenvalue weighted by Crippen LogP contribution is -2.23. The molecule has 4 rings (SSSR count). The molecule has 0 fully saturated rings. The van der Waals surface area contributed by atoms with Crippen LogP contribution in [0.25, 0.3) is 33.3 Å². The normalized spacial score (nSPS) is 11.0. The van der Waals surface area contributed by atoms with Crippen molar-refractivity contribution in [2.75, 3.05) is 7.11 Å². The van der Waals surface area contributed by atoms with E-state index in [-0.39, 0.29) is 12.1 Å². The SMILES string of the molecule is C#CCn1c(-c2cc3ccccc3n2C)nc2cc(OC)ccc2c1=O. The summed E-state index contributed by atoms with van der Waals surface area (Å²) in [5.74, 6) is 3.77. The molecule has 5 nitrogen and oxygen atoms in total. The molecule has 0 amide bonds. The Morgan fingerprint density at radius 2 is 2.00 bits per heavy atom. The van der Waals surface area contributed by atoms with Crippen molar-refractivity contribution in [3.63, 3.8) is 0 Å². The number of nitrogens with zero attached hydrogens (tertiary/aromatic N) is 3. The summed E-state index contributed by atoms with van der Waals surface area (Å²) in [7, 11) is 3.55. The number of ether oxygens (including phenoxy) is 1. The lowest BCUT2D eigenvalue weighted by atomic mass is 10.2. The van der Waals surface area contributed by atoms with Crippen molar-refractivity contribution < 1.29 is 4.74 Å². The van der Waals surface area contributed by atoms with Gasteiger partial charge in [-0.25, -0.2) is 4.98 Å². The first-order valence-corrected chi connectivity index (χ1v) is 8.21. The van der Waals surface area contributed by atoms with Crippen LogP contribution in [0.1, 0.15) is 0 Å². The van der Waals surface area contributed by atoms with Gasteiger partial charge >= 0.3 is 0 Å². The van der Waals surface area contributed by atoms with E-state index >= 15 is 0 Å². The summed E-state index contributed by atoms with van der Waals surface area (Å²) in [5.41, 5.74) is 2.33.